The minimum Gasteiger partial charge on any atom is -0.335 e. The molecule has 1 aliphatic rings. The fraction of sp³-hybridized carbons (Fsp3) is 0.533. The number of hydrogen-bond acceptors (Lipinski definition) is 2. The van der Waals surface area contributed by atoms with Crippen LogP contribution in [0.4, 0.5) is 4.39 Å². The number of piperidine rings is 1. The lowest BCUT2D eigenvalue weighted by Gasteiger charge is -2.34. The van der Waals surface area contributed by atoms with E-state index in [-0.39, 0.29) is 17.5 Å². The van der Waals surface area contributed by atoms with Crippen LogP contribution in [0.3, 0.4) is 0 Å². The van der Waals surface area contributed by atoms with Gasteiger partial charge in [-0.2, -0.15) is 0 Å². The van der Waals surface area contributed by atoms with Gasteiger partial charge in [-0.25, -0.2) is 4.39 Å². The second-order valence-electron chi connectivity index (χ2n) is 5.10. The Hall–Kier alpha value is -1.13. The highest BCUT2D eigenvalue weighted by Crippen LogP contribution is 2.20. The minimum absolute atomic E-state index is 0.112. The lowest BCUT2D eigenvalue weighted by Crippen LogP contribution is -2.46. The maximum atomic E-state index is 13.9. The van der Waals surface area contributed by atoms with Crippen molar-refractivity contribution < 1.29 is 9.18 Å². The van der Waals surface area contributed by atoms with Gasteiger partial charge in [-0.1, -0.05) is 18.5 Å². The highest BCUT2D eigenvalue weighted by atomic mass is 35.5. The molecule has 110 valence electrons. The maximum Gasteiger partial charge on any atom is 0.257 e. The monoisotopic (exact) mass is 298 g/mol. The summed E-state index contributed by atoms with van der Waals surface area (Å²) >= 11 is 5.74. The van der Waals surface area contributed by atoms with Gasteiger partial charge in [0.15, 0.2) is 0 Å². The van der Waals surface area contributed by atoms with Crippen molar-refractivity contribution >= 4 is 17.5 Å². The molecule has 5 heteroatoms. The third-order valence-corrected chi connectivity index (χ3v) is 3.87. The van der Waals surface area contributed by atoms with Crippen LogP contribution in [0.5, 0.6) is 0 Å². The van der Waals surface area contributed by atoms with Gasteiger partial charge in [0.05, 0.1) is 5.56 Å². The molecule has 0 aliphatic carbocycles. The van der Waals surface area contributed by atoms with E-state index in [1.165, 1.54) is 12.1 Å². The molecule has 0 saturated carbocycles. The first-order valence-electron chi connectivity index (χ1n) is 7.10. The summed E-state index contributed by atoms with van der Waals surface area (Å²) in [4.78, 5) is 14.4. The molecule has 0 atom stereocenters. The Morgan fingerprint density at radius 2 is 2.15 bits per heavy atom. The van der Waals surface area contributed by atoms with Crippen LogP contribution in [0.25, 0.3) is 0 Å². The van der Waals surface area contributed by atoms with Gasteiger partial charge < -0.3 is 10.2 Å². The van der Waals surface area contributed by atoms with Crippen LogP contribution < -0.4 is 5.32 Å². The minimum atomic E-state index is -0.544. The van der Waals surface area contributed by atoms with Crippen molar-refractivity contribution in [2.75, 3.05) is 19.6 Å². The van der Waals surface area contributed by atoms with Crippen molar-refractivity contribution in [2.24, 2.45) is 0 Å². The summed E-state index contributed by atoms with van der Waals surface area (Å²) in [5.74, 6) is -0.773. The van der Waals surface area contributed by atoms with Crippen molar-refractivity contribution in [1.82, 2.24) is 10.2 Å². The standard InChI is InChI=1S/C15H20ClFN2O/c1-2-9-19(12-5-7-18-8-6-12)15(20)13-4-3-11(16)10-14(13)17/h3-4,10,12,18H,2,5-9H2,1H3. The molecule has 1 heterocycles. The molecule has 1 aliphatic heterocycles. The first kappa shape index (κ1) is 15.3. The van der Waals surface area contributed by atoms with Gasteiger partial charge in [-0.3, -0.25) is 4.79 Å². The van der Waals surface area contributed by atoms with Crippen molar-refractivity contribution in [3.8, 4) is 0 Å². The van der Waals surface area contributed by atoms with Crippen LogP contribution >= 0.6 is 11.6 Å². The SMILES string of the molecule is CCCN(C(=O)c1ccc(Cl)cc1F)C1CCNCC1. The second-order valence-corrected chi connectivity index (χ2v) is 5.54. The van der Waals surface area contributed by atoms with Gasteiger partial charge in [0.1, 0.15) is 5.82 Å². The molecule has 1 amide bonds. The van der Waals surface area contributed by atoms with E-state index in [1.807, 2.05) is 11.8 Å². The van der Waals surface area contributed by atoms with Crippen molar-refractivity contribution in [1.29, 1.82) is 0 Å². The molecular formula is C15H20ClFN2O. The number of nitrogens with one attached hydrogen (secondary N) is 1. The van der Waals surface area contributed by atoms with E-state index in [0.717, 1.165) is 32.4 Å². The Bertz CT molecular complexity index is 475. The Balaban J connectivity index is 2.21. The molecule has 2 rings (SSSR count). The lowest BCUT2D eigenvalue weighted by atomic mass is 10.0. The molecule has 20 heavy (non-hydrogen) atoms. The molecule has 1 saturated heterocycles. The van der Waals surface area contributed by atoms with Crippen LogP contribution in [-0.2, 0) is 0 Å². The number of amides is 1. The number of carbonyl (C=O) groups is 1. The Morgan fingerprint density at radius 1 is 1.45 bits per heavy atom. The van der Waals surface area contributed by atoms with Gasteiger partial charge in [0.25, 0.3) is 5.91 Å². The van der Waals surface area contributed by atoms with Gasteiger partial charge in [0, 0.05) is 17.6 Å². The average Bonchev–Trinajstić information content (AvgIpc) is 2.45. The Labute approximate surface area is 124 Å². The van der Waals surface area contributed by atoms with Gasteiger partial charge in [-0.15, -0.1) is 0 Å². The molecule has 1 N–H and O–H groups in total. The first-order valence-corrected chi connectivity index (χ1v) is 7.48. The van der Waals surface area contributed by atoms with E-state index in [1.54, 1.807) is 6.07 Å². The number of rotatable bonds is 4. The van der Waals surface area contributed by atoms with E-state index in [2.05, 4.69) is 5.32 Å². The number of benzene rings is 1. The summed E-state index contributed by atoms with van der Waals surface area (Å²) in [5.41, 5.74) is 0.112. The molecule has 0 bridgehead atoms. The predicted molar refractivity (Wildman–Crippen MR) is 78.6 cm³/mol. The number of hydrogen-bond donors (Lipinski definition) is 1. The number of carbonyl (C=O) groups excluding carboxylic acids is 1. The molecule has 1 aromatic rings. The van der Waals surface area contributed by atoms with Crippen LogP contribution in [-0.4, -0.2) is 36.5 Å². The summed E-state index contributed by atoms with van der Waals surface area (Å²) in [7, 11) is 0. The lowest BCUT2D eigenvalue weighted by molar-refractivity contribution is 0.0638. The summed E-state index contributed by atoms with van der Waals surface area (Å²) < 4.78 is 13.9. The zero-order valence-corrected chi connectivity index (χ0v) is 12.4. The maximum absolute atomic E-state index is 13.9. The van der Waals surface area contributed by atoms with E-state index in [9.17, 15) is 9.18 Å². The molecule has 0 unspecified atom stereocenters. The number of nitrogens with zero attached hydrogens (tertiary/aromatic N) is 1. The largest absolute Gasteiger partial charge is 0.335 e. The first-order chi connectivity index (χ1) is 9.63. The van der Waals surface area contributed by atoms with Crippen LogP contribution in [0.15, 0.2) is 18.2 Å². The van der Waals surface area contributed by atoms with Crippen molar-refractivity contribution in [2.45, 2.75) is 32.2 Å². The quantitative estimate of drug-likeness (QED) is 0.926. The topological polar surface area (TPSA) is 32.3 Å². The zero-order chi connectivity index (χ0) is 14.5. The predicted octanol–water partition coefficient (Wildman–Crippen LogP) is 3.08. The van der Waals surface area contributed by atoms with E-state index in [4.69, 9.17) is 11.6 Å². The third-order valence-electron chi connectivity index (χ3n) is 3.64. The fourth-order valence-electron chi connectivity index (χ4n) is 2.63. The molecule has 1 aromatic carbocycles. The van der Waals surface area contributed by atoms with Crippen LogP contribution in [0.2, 0.25) is 5.02 Å². The van der Waals surface area contributed by atoms with Gasteiger partial charge in [0.2, 0.25) is 0 Å². The number of halogens is 2. The summed E-state index contributed by atoms with van der Waals surface area (Å²) in [5, 5.41) is 3.59. The summed E-state index contributed by atoms with van der Waals surface area (Å²) in [6.07, 6.45) is 2.70. The molecule has 0 radical (unpaired) electrons. The molecule has 3 nitrogen and oxygen atoms in total. The summed E-state index contributed by atoms with van der Waals surface area (Å²) in [6, 6.07) is 4.42. The molecular weight excluding hydrogens is 279 g/mol. The third kappa shape index (κ3) is 3.49. The van der Waals surface area contributed by atoms with E-state index < -0.39 is 5.82 Å². The van der Waals surface area contributed by atoms with Gasteiger partial charge >= 0.3 is 0 Å². The van der Waals surface area contributed by atoms with Crippen LogP contribution in [0, 0.1) is 5.82 Å². The fourth-order valence-corrected chi connectivity index (χ4v) is 2.79. The molecule has 1 fully saturated rings. The second kappa shape index (κ2) is 7.04. The van der Waals surface area contributed by atoms with Gasteiger partial charge in [-0.05, 0) is 50.6 Å². The average molecular weight is 299 g/mol. The Kier molecular flexibility index (Phi) is 5.38. The van der Waals surface area contributed by atoms with Crippen molar-refractivity contribution in [3.05, 3.63) is 34.6 Å². The molecule has 0 spiro atoms. The smallest absolute Gasteiger partial charge is 0.257 e. The normalized spacial score (nSPS) is 16.1. The highest BCUT2D eigenvalue weighted by Gasteiger charge is 2.27. The summed E-state index contributed by atoms with van der Waals surface area (Å²) in [6.45, 7) is 4.49. The molecule has 0 aromatic heterocycles. The van der Waals surface area contributed by atoms with Crippen molar-refractivity contribution in [3.63, 3.8) is 0 Å². The van der Waals surface area contributed by atoms with E-state index >= 15 is 0 Å². The zero-order valence-electron chi connectivity index (χ0n) is 11.7. The van der Waals surface area contributed by atoms with E-state index in [0.29, 0.717) is 11.6 Å². The van der Waals surface area contributed by atoms with Crippen LogP contribution in [0.1, 0.15) is 36.5 Å². The Morgan fingerprint density at radius 3 is 2.75 bits per heavy atom. The highest BCUT2D eigenvalue weighted by molar-refractivity contribution is 6.30.